The number of amides is 1. The van der Waals surface area contributed by atoms with Crippen molar-refractivity contribution < 1.29 is 14.3 Å². The van der Waals surface area contributed by atoms with E-state index in [1.807, 2.05) is 6.07 Å². The predicted octanol–water partition coefficient (Wildman–Crippen LogP) is 3.15. The number of anilines is 1. The van der Waals surface area contributed by atoms with Crippen molar-refractivity contribution in [3.05, 3.63) is 82.8 Å². The molecule has 4 rings (SSSR count). The maximum absolute atomic E-state index is 15.4. The third kappa shape index (κ3) is 4.51. The molecule has 166 valence electrons. The molecule has 0 spiro atoms. The molecule has 8 nitrogen and oxygen atoms in total. The van der Waals surface area contributed by atoms with Crippen LogP contribution in [0.4, 0.5) is 10.3 Å². The summed E-state index contributed by atoms with van der Waals surface area (Å²) in [6.45, 7) is 1.81. The first-order valence-electron chi connectivity index (χ1n) is 10.2. The largest absolute Gasteiger partial charge is 0.388 e. The standard InChI is InChI=1S/C24H21FN6O2/c1-14-2-7-18(17-9-11-31-20(12-17)29-24(27)30-31)22(25)21(14)23(33)28-10-8-19(32)16-5-3-15(13-26)4-6-16/h2-7,9,11-12,19,32H,8,10H2,1H3,(H2,27,30)(H,28,33). The van der Waals surface area contributed by atoms with Gasteiger partial charge in [-0.15, -0.1) is 5.10 Å². The predicted molar refractivity (Wildman–Crippen MR) is 121 cm³/mol. The number of benzene rings is 2. The van der Waals surface area contributed by atoms with Crippen LogP contribution in [0.5, 0.6) is 0 Å². The molecule has 33 heavy (non-hydrogen) atoms. The molecule has 0 aliphatic heterocycles. The molecule has 0 radical (unpaired) electrons. The van der Waals surface area contributed by atoms with E-state index < -0.39 is 17.8 Å². The number of halogens is 1. The minimum Gasteiger partial charge on any atom is -0.388 e. The molecule has 2 aromatic heterocycles. The fourth-order valence-electron chi connectivity index (χ4n) is 3.60. The van der Waals surface area contributed by atoms with E-state index in [-0.39, 0.29) is 30.0 Å². The van der Waals surface area contributed by atoms with Crippen LogP contribution >= 0.6 is 0 Å². The topological polar surface area (TPSA) is 129 Å². The molecular weight excluding hydrogens is 423 g/mol. The van der Waals surface area contributed by atoms with Gasteiger partial charge in [-0.2, -0.15) is 10.2 Å². The molecule has 0 saturated heterocycles. The number of aryl methyl sites for hydroxylation is 1. The summed E-state index contributed by atoms with van der Waals surface area (Å²) in [5.74, 6) is -1.09. The second-order valence-corrected chi connectivity index (χ2v) is 7.60. The maximum atomic E-state index is 15.4. The summed E-state index contributed by atoms with van der Waals surface area (Å²) in [5.41, 5.74) is 8.45. The van der Waals surface area contributed by atoms with Crippen molar-refractivity contribution in [3.8, 4) is 17.2 Å². The minimum atomic E-state index is -0.822. The normalized spacial score (nSPS) is 11.8. The Kier molecular flexibility index (Phi) is 6.02. The number of nitrogens with zero attached hydrogens (tertiary/aromatic N) is 4. The number of aliphatic hydroxyl groups is 1. The Hall–Kier alpha value is -4.29. The number of pyridine rings is 1. The highest BCUT2D eigenvalue weighted by molar-refractivity contribution is 5.97. The number of aromatic nitrogens is 3. The quantitative estimate of drug-likeness (QED) is 0.419. The van der Waals surface area contributed by atoms with E-state index in [0.717, 1.165) is 0 Å². The average Bonchev–Trinajstić information content (AvgIpc) is 3.18. The number of hydrogen-bond donors (Lipinski definition) is 3. The SMILES string of the molecule is Cc1ccc(-c2ccn3nc(N)nc3c2)c(F)c1C(=O)NCCC(O)c1ccc(C#N)cc1. The number of nitriles is 1. The molecule has 0 aliphatic carbocycles. The van der Waals surface area contributed by atoms with E-state index in [1.54, 1.807) is 61.7 Å². The number of aliphatic hydroxyl groups excluding tert-OH is 1. The Balaban J connectivity index is 1.49. The summed E-state index contributed by atoms with van der Waals surface area (Å²) in [6, 6.07) is 15.2. The zero-order chi connectivity index (χ0) is 23.5. The minimum absolute atomic E-state index is 0.0544. The van der Waals surface area contributed by atoms with Crippen molar-refractivity contribution in [1.29, 1.82) is 5.26 Å². The number of hydrogen-bond acceptors (Lipinski definition) is 6. The molecule has 0 aliphatic rings. The van der Waals surface area contributed by atoms with Crippen LogP contribution in [0.3, 0.4) is 0 Å². The van der Waals surface area contributed by atoms with E-state index in [2.05, 4.69) is 15.4 Å². The lowest BCUT2D eigenvalue weighted by molar-refractivity contribution is 0.0938. The van der Waals surface area contributed by atoms with Gasteiger partial charge in [-0.3, -0.25) is 4.79 Å². The monoisotopic (exact) mass is 444 g/mol. The Morgan fingerprint density at radius 3 is 2.76 bits per heavy atom. The smallest absolute Gasteiger partial charge is 0.254 e. The van der Waals surface area contributed by atoms with Gasteiger partial charge in [-0.25, -0.2) is 8.91 Å². The zero-order valence-electron chi connectivity index (χ0n) is 17.8. The van der Waals surface area contributed by atoms with Crippen LogP contribution in [0.1, 0.15) is 39.6 Å². The number of nitrogens with one attached hydrogen (secondary N) is 1. The summed E-state index contributed by atoms with van der Waals surface area (Å²) in [5, 5.41) is 25.9. The van der Waals surface area contributed by atoms with Crippen molar-refractivity contribution in [2.24, 2.45) is 0 Å². The van der Waals surface area contributed by atoms with E-state index in [1.165, 1.54) is 4.52 Å². The summed E-state index contributed by atoms with van der Waals surface area (Å²) < 4.78 is 16.9. The van der Waals surface area contributed by atoms with Crippen LogP contribution in [-0.4, -0.2) is 32.2 Å². The third-order valence-corrected chi connectivity index (χ3v) is 5.37. The number of carbonyl (C=O) groups excluding carboxylic acids is 1. The van der Waals surface area contributed by atoms with Gasteiger partial charge in [0.05, 0.1) is 23.3 Å². The maximum Gasteiger partial charge on any atom is 0.254 e. The Labute approximate surface area is 189 Å². The Morgan fingerprint density at radius 2 is 2.03 bits per heavy atom. The van der Waals surface area contributed by atoms with Gasteiger partial charge in [0.25, 0.3) is 5.91 Å². The van der Waals surface area contributed by atoms with E-state index in [4.69, 9.17) is 11.0 Å². The summed E-state index contributed by atoms with van der Waals surface area (Å²) in [7, 11) is 0. The van der Waals surface area contributed by atoms with E-state index >= 15 is 4.39 Å². The van der Waals surface area contributed by atoms with Gasteiger partial charge in [0.15, 0.2) is 5.65 Å². The molecule has 2 heterocycles. The lowest BCUT2D eigenvalue weighted by Crippen LogP contribution is -2.27. The third-order valence-electron chi connectivity index (χ3n) is 5.37. The van der Waals surface area contributed by atoms with Gasteiger partial charge in [-0.05, 0) is 54.3 Å². The van der Waals surface area contributed by atoms with Crippen LogP contribution in [-0.2, 0) is 0 Å². The van der Waals surface area contributed by atoms with Crippen molar-refractivity contribution in [2.45, 2.75) is 19.4 Å². The Bertz CT molecular complexity index is 1370. The van der Waals surface area contributed by atoms with Crippen LogP contribution in [0.25, 0.3) is 16.8 Å². The second kappa shape index (κ2) is 9.06. The Morgan fingerprint density at radius 1 is 1.27 bits per heavy atom. The first-order valence-corrected chi connectivity index (χ1v) is 10.2. The molecule has 1 atom stereocenters. The molecule has 0 saturated carbocycles. The lowest BCUT2D eigenvalue weighted by atomic mass is 9.98. The van der Waals surface area contributed by atoms with Crippen LogP contribution in [0.2, 0.25) is 0 Å². The molecule has 4 N–H and O–H groups in total. The van der Waals surface area contributed by atoms with E-state index in [9.17, 15) is 9.90 Å². The summed E-state index contributed by atoms with van der Waals surface area (Å²) >= 11 is 0. The molecular formula is C24H21FN6O2. The summed E-state index contributed by atoms with van der Waals surface area (Å²) in [6.07, 6.45) is 1.04. The van der Waals surface area contributed by atoms with Crippen molar-refractivity contribution >= 4 is 17.5 Å². The van der Waals surface area contributed by atoms with Crippen molar-refractivity contribution in [3.63, 3.8) is 0 Å². The number of rotatable bonds is 6. The van der Waals surface area contributed by atoms with Gasteiger partial charge >= 0.3 is 0 Å². The van der Waals surface area contributed by atoms with Gasteiger partial charge in [0.1, 0.15) is 5.82 Å². The fraction of sp³-hybridized carbons (Fsp3) is 0.167. The van der Waals surface area contributed by atoms with Crippen LogP contribution in [0.15, 0.2) is 54.7 Å². The number of nitrogens with two attached hydrogens (primary N) is 1. The highest BCUT2D eigenvalue weighted by atomic mass is 19.1. The van der Waals surface area contributed by atoms with E-state index in [0.29, 0.717) is 27.9 Å². The molecule has 2 aromatic carbocycles. The average molecular weight is 444 g/mol. The number of nitrogen functional groups attached to an aromatic ring is 1. The van der Waals surface area contributed by atoms with Crippen molar-refractivity contribution in [2.75, 3.05) is 12.3 Å². The fourth-order valence-corrected chi connectivity index (χ4v) is 3.60. The highest BCUT2D eigenvalue weighted by Crippen LogP contribution is 2.28. The van der Waals surface area contributed by atoms with Gasteiger partial charge in [0.2, 0.25) is 5.95 Å². The van der Waals surface area contributed by atoms with Gasteiger partial charge < -0.3 is 16.2 Å². The number of carbonyl (C=O) groups is 1. The molecule has 1 unspecified atom stereocenters. The van der Waals surface area contributed by atoms with Gasteiger partial charge in [0, 0.05) is 18.3 Å². The molecule has 4 aromatic rings. The second-order valence-electron chi connectivity index (χ2n) is 7.60. The van der Waals surface area contributed by atoms with Gasteiger partial charge in [-0.1, -0.05) is 24.3 Å². The highest BCUT2D eigenvalue weighted by Gasteiger charge is 2.20. The van der Waals surface area contributed by atoms with Crippen LogP contribution < -0.4 is 11.1 Å². The molecule has 1 amide bonds. The molecule has 9 heteroatoms. The molecule has 0 fully saturated rings. The van der Waals surface area contributed by atoms with Crippen LogP contribution in [0, 0.1) is 24.1 Å². The lowest BCUT2D eigenvalue weighted by Gasteiger charge is -2.14. The first-order chi connectivity index (χ1) is 15.9. The van der Waals surface area contributed by atoms with Crippen molar-refractivity contribution in [1.82, 2.24) is 19.9 Å². The first kappa shape index (κ1) is 21.9. The zero-order valence-corrected chi connectivity index (χ0v) is 17.8. The summed E-state index contributed by atoms with van der Waals surface area (Å²) in [4.78, 5) is 16.9. The molecule has 0 bridgehead atoms. The number of fused-ring (bicyclic) bond motifs is 1.